The fourth-order valence-electron chi connectivity index (χ4n) is 2.54. The molecule has 2 aromatic carbocycles. The quantitative estimate of drug-likeness (QED) is 0.493. The number of aromatic hydroxyl groups is 1. The zero-order valence-corrected chi connectivity index (χ0v) is 15.5. The van der Waals surface area contributed by atoms with Crippen molar-refractivity contribution in [3.8, 4) is 11.5 Å². The zero-order valence-electron chi connectivity index (χ0n) is 15.5. The van der Waals surface area contributed by atoms with E-state index >= 15 is 0 Å². The molecule has 2 aromatic rings. The highest BCUT2D eigenvalue weighted by molar-refractivity contribution is 6.02. The summed E-state index contributed by atoms with van der Waals surface area (Å²) in [5, 5.41) is 15.4. The Hall–Kier alpha value is -3.28. The minimum Gasteiger partial charge on any atom is -0.507 e. The Kier molecular flexibility index (Phi) is 7.00. The monoisotopic (exact) mass is 368 g/mol. The van der Waals surface area contributed by atoms with Gasteiger partial charge in [0.15, 0.2) is 0 Å². The van der Waals surface area contributed by atoms with Crippen LogP contribution < -0.4 is 15.4 Å². The highest BCUT2D eigenvalue weighted by Crippen LogP contribution is 2.22. The molecule has 0 aliphatic heterocycles. The second-order valence-corrected chi connectivity index (χ2v) is 6.19. The molecule has 3 N–H and O–H groups in total. The number of benzene rings is 2. The molecule has 0 fully saturated rings. The van der Waals surface area contributed by atoms with Crippen LogP contribution in [0.25, 0.3) is 0 Å². The first-order valence-electron chi connectivity index (χ1n) is 8.63. The number of phenols is 1. The third-order valence-electron chi connectivity index (χ3n) is 4.10. The maximum absolute atomic E-state index is 12.5. The predicted octanol–water partition coefficient (Wildman–Crippen LogP) is 3.28. The smallest absolute Gasteiger partial charge is 0.255 e. The lowest BCUT2D eigenvalue weighted by Crippen LogP contribution is -2.33. The van der Waals surface area contributed by atoms with E-state index in [1.165, 1.54) is 18.2 Å². The van der Waals surface area contributed by atoms with Gasteiger partial charge in [-0.2, -0.15) is 0 Å². The predicted molar refractivity (Wildman–Crippen MR) is 105 cm³/mol. The van der Waals surface area contributed by atoms with Crippen LogP contribution in [-0.2, 0) is 11.2 Å². The van der Waals surface area contributed by atoms with E-state index in [1.54, 1.807) is 7.11 Å². The van der Waals surface area contributed by atoms with E-state index in [-0.39, 0.29) is 23.3 Å². The van der Waals surface area contributed by atoms with Gasteiger partial charge < -0.3 is 20.5 Å². The first-order chi connectivity index (χ1) is 12.9. The van der Waals surface area contributed by atoms with E-state index in [9.17, 15) is 14.7 Å². The molecular formula is C21H24N2O4. The Morgan fingerprint density at radius 3 is 2.56 bits per heavy atom. The third-order valence-corrected chi connectivity index (χ3v) is 4.10. The number of phenolic OH excluding ortho intramolecular Hbond substituents is 1. The zero-order chi connectivity index (χ0) is 19.8. The Balaban J connectivity index is 1.95. The molecule has 0 saturated heterocycles. The molecule has 6 nitrogen and oxygen atoms in total. The normalized spacial score (nSPS) is 11.3. The van der Waals surface area contributed by atoms with Crippen LogP contribution in [0.2, 0.25) is 0 Å². The van der Waals surface area contributed by atoms with Gasteiger partial charge in [-0.1, -0.05) is 18.7 Å². The van der Waals surface area contributed by atoms with Crippen LogP contribution in [0.3, 0.4) is 0 Å². The molecule has 1 atom stereocenters. The van der Waals surface area contributed by atoms with Crippen molar-refractivity contribution in [2.45, 2.75) is 25.8 Å². The van der Waals surface area contributed by atoms with Gasteiger partial charge in [-0.3, -0.25) is 9.59 Å². The number of rotatable bonds is 8. The summed E-state index contributed by atoms with van der Waals surface area (Å²) >= 11 is 0. The van der Waals surface area contributed by atoms with Gasteiger partial charge in [-0.25, -0.2) is 0 Å². The van der Waals surface area contributed by atoms with Crippen molar-refractivity contribution in [3.63, 3.8) is 0 Å². The Bertz CT molecular complexity index is 815. The molecule has 2 amide bonds. The number of carbonyl (C=O) groups is 2. The van der Waals surface area contributed by atoms with Crippen LogP contribution in [-0.4, -0.2) is 30.1 Å². The van der Waals surface area contributed by atoms with Gasteiger partial charge in [-0.15, -0.1) is 0 Å². The van der Waals surface area contributed by atoms with Crippen molar-refractivity contribution >= 4 is 17.5 Å². The number of ether oxygens (including phenoxy) is 1. The molecule has 6 heteroatoms. The molecule has 0 aliphatic carbocycles. The van der Waals surface area contributed by atoms with Gasteiger partial charge in [-0.05, 0) is 61.7 Å². The number of nitrogens with one attached hydrogen (secondary N) is 2. The summed E-state index contributed by atoms with van der Waals surface area (Å²) in [4.78, 5) is 23.8. The second kappa shape index (κ2) is 9.43. The van der Waals surface area contributed by atoms with Crippen molar-refractivity contribution in [2.75, 3.05) is 12.4 Å². The fraction of sp³-hybridized carbons (Fsp3) is 0.238. The van der Waals surface area contributed by atoms with Crippen LogP contribution >= 0.6 is 0 Å². The SMILES string of the molecule is C=CC(=O)Nc1ccc(O)c(C(=O)NC(C)CCc2ccc(OC)cc2)c1. The number of hydrogen-bond acceptors (Lipinski definition) is 4. The molecule has 0 radical (unpaired) electrons. The standard InChI is InChI=1S/C21H24N2O4/c1-4-20(25)23-16-9-12-19(24)18(13-16)21(26)22-14(2)5-6-15-7-10-17(27-3)11-8-15/h4,7-14,24H,1,5-6H2,2-3H3,(H,22,26)(H,23,25). The third kappa shape index (κ3) is 5.88. The fourth-order valence-corrected chi connectivity index (χ4v) is 2.54. The minimum absolute atomic E-state index is 0.0922. The average molecular weight is 368 g/mol. The first kappa shape index (κ1) is 20.0. The molecule has 0 aliphatic rings. The number of methoxy groups -OCH3 is 1. The lowest BCUT2D eigenvalue weighted by molar-refractivity contribution is -0.111. The minimum atomic E-state index is -0.399. The summed E-state index contributed by atoms with van der Waals surface area (Å²) in [6, 6.07) is 12.0. The molecule has 1 unspecified atom stereocenters. The molecule has 0 heterocycles. The first-order valence-corrected chi connectivity index (χ1v) is 8.63. The van der Waals surface area contributed by atoms with Gasteiger partial charge >= 0.3 is 0 Å². The number of hydrogen-bond donors (Lipinski definition) is 3. The Labute approximate surface area is 158 Å². The average Bonchev–Trinajstić information content (AvgIpc) is 2.68. The lowest BCUT2D eigenvalue weighted by Gasteiger charge is -2.15. The topological polar surface area (TPSA) is 87.7 Å². The number of anilines is 1. The molecule has 0 spiro atoms. The highest BCUT2D eigenvalue weighted by Gasteiger charge is 2.15. The van der Waals surface area contributed by atoms with Crippen molar-refractivity contribution in [1.82, 2.24) is 5.32 Å². The molecule has 0 aromatic heterocycles. The molecule has 142 valence electrons. The van der Waals surface area contributed by atoms with Gasteiger partial charge in [0, 0.05) is 11.7 Å². The molecule has 0 bridgehead atoms. The van der Waals surface area contributed by atoms with Crippen LogP contribution in [0.1, 0.15) is 29.3 Å². The second-order valence-electron chi connectivity index (χ2n) is 6.19. The summed E-state index contributed by atoms with van der Waals surface area (Å²) in [5.74, 6) is -0.130. The van der Waals surface area contributed by atoms with Crippen molar-refractivity contribution < 1.29 is 19.4 Å². The van der Waals surface area contributed by atoms with Gasteiger partial charge in [0.2, 0.25) is 5.91 Å². The highest BCUT2D eigenvalue weighted by atomic mass is 16.5. The maximum atomic E-state index is 12.5. The molecule has 27 heavy (non-hydrogen) atoms. The van der Waals surface area contributed by atoms with Crippen LogP contribution in [0.4, 0.5) is 5.69 Å². The van der Waals surface area contributed by atoms with Gasteiger partial charge in [0.1, 0.15) is 11.5 Å². The van der Waals surface area contributed by atoms with E-state index in [1.807, 2.05) is 31.2 Å². The van der Waals surface area contributed by atoms with Crippen LogP contribution in [0, 0.1) is 0 Å². The Morgan fingerprint density at radius 1 is 1.22 bits per heavy atom. The van der Waals surface area contributed by atoms with E-state index in [2.05, 4.69) is 17.2 Å². The summed E-state index contributed by atoms with van der Waals surface area (Å²) in [6.07, 6.45) is 2.67. The maximum Gasteiger partial charge on any atom is 0.255 e. The van der Waals surface area contributed by atoms with Crippen molar-refractivity contribution in [1.29, 1.82) is 0 Å². The van der Waals surface area contributed by atoms with Gasteiger partial charge in [0.25, 0.3) is 5.91 Å². The van der Waals surface area contributed by atoms with Gasteiger partial charge in [0.05, 0.1) is 12.7 Å². The summed E-state index contributed by atoms with van der Waals surface area (Å²) in [6.45, 7) is 5.28. The van der Waals surface area contributed by atoms with E-state index in [0.717, 1.165) is 30.2 Å². The molecular weight excluding hydrogens is 344 g/mol. The number of amides is 2. The summed E-state index contributed by atoms with van der Waals surface area (Å²) in [7, 11) is 1.62. The Morgan fingerprint density at radius 2 is 1.93 bits per heavy atom. The van der Waals surface area contributed by atoms with Crippen molar-refractivity contribution in [2.24, 2.45) is 0 Å². The largest absolute Gasteiger partial charge is 0.507 e. The number of carbonyl (C=O) groups excluding carboxylic acids is 2. The van der Waals surface area contributed by atoms with Crippen molar-refractivity contribution in [3.05, 3.63) is 66.2 Å². The summed E-state index contributed by atoms with van der Waals surface area (Å²) < 4.78 is 5.14. The summed E-state index contributed by atoms with van der Waals surface area (Å²) in [5.41, 5.74) is 1.66. The van der Waals surface area contributed by atoms with Crippen LogP contribution in [0.5, 0.6) is 11.5 Å². The molecule has 2 rings (SSSR count). The van der Waals surface area contributed by atoms with E-state index in [4.69, 9.17) is 4.74 Å². The molecule has 0 saturated carbocycles. The number of aryl methyl sites for hydroxylation is 1. The lowest BCUT2D eigenvalue weighted by atomic mass is 10.1. The van der Waals surface area contributed by atoms with E-state index < -0.39 is 5.91 Å². The van der Waals surface area contributed by atoms with Crippen LogP contribution in [0.15, 0.2) is 55.1 Å². The van der Waals surface area contributed by atoms with E-state index in [0.29, 0.717) is 5.69 Å².